The molecule has 7 heteroatoms. The second-order valence-electron chi connectivity index (χ2n) is 10.9. The molecule has 0 heterocycles. The molecule has 7 nitrogen and oxygen atoms in total. The molecule has 0 atom stereocenters. The van der Waals surface area contributed by atoms with Crippen LogP contribution in [0.4, 0.5) is 4.79 Å². The Kier molecular flexibility index (Phi) is 10.0. The summed E-state index contributed by atoms with van der Waals surface area (Å²) < 4.78 is 0. The summed E-state index contributed by atoms with van der Waals surface area (Å²) in [6, 6.07) is 21.2. The number of nitrogens with one attached hydrogen (secondary N) is 1. The molecule has 0 bridgehead atoms. The van der Waals surface area contributed by atoms with Crippen molar-refractivity contribution in [2.75, 3.05) is 6.54 Å². The maximum absolute atomic E-state index is 12.8. The number of amides is 2. The molecule has 0 spiro atoms. The fraction of sp³-hybridized carbons (Fsp3) is 0.344. The molecule has 3 aromatic carbocycles. The number of amidine groups is 1. The molecule has 0 radical (unpaired) electrons. The number of aliphatic carboxylic acids is 1. The number of quaternary nitrogens is 1. The van der Waals surface area contributed by atoms with Crippen molar-refractivity contribution in [2.45, 2.75) is 65.3 Å². The van der Waals surface area contributed by atoms with E-state index >= 15 is 0 Å². The van der Waals surface area contributed by atoms with Crippen molar-refractivity contribution in [3.8, 4) is 16.9 Å². The number of phenolic OH excluding ortho intramolecular Hbond substituents is 1. The SMILES string of the molecule is CCN(C(=N)CCCc1cccc(-c2ccc(CC(=O)O)c(O)c2)c1)C(=O)[NH2+]Cc1ccc(C(C)(C)C)cc1. The highest BCUT2D eigenvalue weighted by atomic mass is 16.4. The summed E-state index contributed by atoms with van der Waals surface area (Å²) in [5, 5.41) is 29.3. The number of carbonyl (C=O) groups excluding carboxylic acids is 1. The van der Waals surface area contributed by atoms with E-state index in [2.05, 4.69) is 45.0 Å². The summed E-state index contributed by atoms with van der Waals surface area (Å²) in [7, 11) is 0. The summed E-state index contributed by atoms with van der Waals surface area (Å²) in [6.45, 7) is 9.40. The first-order chi connectivity index (χ1) is 18.5. The molecule has 0 saturated heterocycles. The van der Waals surface area contributed by atoms with Crippen LogP contribution in [-0.2, 0) is 29.6 Å². The number of primary amides is 1. The Morgan fingerprint density at radius 1 is 0.949 bits per heavy atom. The topological polar surface area (TPSA) is 118 Å². The normalized spacial score (nSPS) is 11.3. The average Bonchev–Trinajstić information content (AvgIpc) is 2.89. The molecule has 0 saturated carbocycles. The number of nitrogens with two attached hydrogens (primary N) is 1. The van der Waals surface area contributed by atoms with Gasteiger partial charge in [-0.25, -0.2) is 4.79 Å². The standard InChI is InChI=1S/C32H39N3O4/c1-5-35(31(39)34-21-23-12-16-27(17-13-23)32(2,3)4)29(33)11-7-9-22-8-6-10-24(18-22)25-14-15-26(20-30(37)38)28(36)19-25/h6,8,10,12-19,33,36H,5,7,9,11,20-21H2,1-4H3,(H,34,39)(H,37,38)/p+1. The number of aromatic hydroxyl groups is 1. The van der Waals surface area contributed by atoms with Crippen LogP contribution in [0.3, 0.4) is 0 Å². The number of aryl methyl sites for hydroxylation is 1. The van der Waals surface area contributed by atoms with Crippen molar-refractivity contribution in [3.63, 3.8) is 0 Å². The third-order valence-electron chi connectivity index (χ3n) is 6.81. The number of carboxylic acid groups (broad SMARTS) is 1. The van der Waals surface area contributed by atoms with Crippen molar-refractivity contribution in [1.29, 1.82) is 5.41 Å². The van der Waals surface area contributed by atoms with E-state index in [1.807, 2.05) is 37.3 Å². The van der Waals surface area contributed by atoms with E-state index in [-0.39, 0.29) is 23.6 Å². The highest BCUT2D eigenvalue weighted by Gasteiger charge is 2.20. The summed E-state index contributed by atoms with van der Waals surface area (Å²) in [4.78, 5) is 25.3. The lowest BCUT2D eigenvalue weighted by molar-refractivity contribution is -0.577. The van der Waals surface area contributed by atoms with Gasteiger partial charge in [0.2, 0.25) is 0 Å². The predicted molar refractivity (Wildman–Crippen MR) is 154 cm³/mol. The molecule has 0 aliphatic carbocycles. The van der Waals surface area contributed by atoms with E-state index in [4.69, 9.17) is 10.5 Å². The lowest BCUT2D eigenvalue weighted by Gasteiger charge is -2.20. The van der Waals surface area contributed by atoms with Gasteiger partial charge in [-0.1, -0.05) is 81.4 Å². The van der Waals surface area contributed by atoms with E-state index < -0.39 is 5.97 Å². The fourth-order valence-corrected chi connectivity index (χ4v) is 4.49. The van der Waals surface area contributed by atoms with Crippen LogP contribution in [0.15, 0.2) is 66.7 Å². The number of nitrogens with zero attached hydrogens (tertiary/aromatic N) is 1. The van der Waals surface area contributed by atoms with E-state index in [9.17, 15) is 14.7 Å². The first-order valence-electron chi connectivity index (χ1n) is 13.4. The van der Waals surface area contributed by atoms with Crippen molar-refractivity contribution in [1.82, 2.24) is 4.90 Å². The number of benzene rings is 3. The minimum Gasteiger partial charge on any atom is -0.508 e. The van der Waals surface area contributed by atoms with Crippen LogP contribution < -0.4 is 5.32 Å². The van der Waals surface area contributed by atoms with Crippen LogP contribution in [0.25, 0.3) is 11.1 Å². The van der Waals surface area contributed by atoms with E-state index in [0.29, 0.717) is 30.9 Å². The van der Waals surface area contributed by atoms with Crippen molar-refractivity contribution in [2.24, 2.45) is 0 Å². The van der Waals surface area contributed by atoms with Crippen LogP contribution in [0.1, 0.15) is 62.8 Å². The quantitative estimate of drug-likeness (QED) is 0.205. The van der Waals surface area contributed by atoms with Gasteiger partial charge >= 0.3 is 12.0 Å². The molecule has 5 N–H and O–H groups in total. The largest absolute Gasteiger partial charge is 0.508 e. The molecule has 39 heavy (non-hydrogen) atoms. The Morgan fingerprint density at radius 3 is 2.26 bits per heavy atom. The molecule has 2 amide bonds. The molecule has 0 fully saturated rings. The zero-order valence-electron chi connectivity index (χ0n) is 23.3. The number of hydrogen-bond donors (Lipinski definition) is 4. The minimum atomic E-state index is -0.988. The van der Waals surface area contributed by atoms with E-state index in [1.54, 1.807) is 17.4 Å². The lowest BCUT2D eigenvalue weighted by atomic mass is 9.87. The Bertz CT molecular complexity index is 1310. The van der Waals surface area contributed by atoms with Crippen molar-refractivity contribution < 1.29 is 25.1 Å². The number of carboxylic acids is 1. The molecule has 3 aromatic rings. The Balaban J connectivity index is 1.53. The maximum atomic E-state index is 12.8. The van der Waals surface area contributed by atoms with Gasteiger partial charge in [0.15, 0.2) is 0 Å². The number of carbonyl (C=O) groups is 2. The van der Waals surface area contributed by atoms with Gasteiger partial charge in [-0.05, 0) is 53.5 Å². The van der Waals surface area contributed by atoms with Crippen LogP contribution in [0.2, 0.25) is 0 Å². The third-order valence-corrected chi connectivity index (χ3v) is 6.81. The zero-order chi connectivity index (χ0) is 28.6. The summed E-state index contributed by atoms with van der Waals surface area (Å²) in [6.07, 6.45) is 1.73. The fourth-order valence-electron chi connectivity index (χ4n) is 4.49. The van der Waals surface area contributed by atoms with Crippen LogP contribution in [0, 0.1) is 5.41 Å². The van der Waals surface area contributed by atoms with Gasteiger partial charge in [0.05, 0.1) is 6.42 Å². The maximum Gasteiger partial charge on any atom is 0.421 e. The molecule has 3 rings (SSSR count). The summed E-state index contributed by atoms with van der Waals surface area (Å²) in [5.74, 6) is -0.702. The first kappa shape index (κ1) is 29.6. The van der Waals surface area contributed by atoms with Crippen LogP contribution in [-0.4, -0.2) is 39.5 Å². The second kappa shape index (κ2) is 13.2. The molecule has 0 aliphatic rings. The highest BCUT2D eigenvalue weighted by Crippen LogP contribution is 2.28. The summed E-state index contributed by atoms with van der Waals surface area (Å²) >= 11 is 0. The van der Waals surface area contributed by atoms with Crippen LogP contribution >= 0.6 is 0 Å². The number of hydrogen-bond acceptors (Lipinski definition) is 4. The van der Waals surface area contributed by atoms with Gasteiger partial charge in [0, 0.05) is 24.1 Å². The number of rotatable bonds is 10. The number of urea groups is 1. The monoisotopic (exact) mass is 530 g/mol. The Hall–Kier alpha value is -3.97. The van der Waals surface area contributed by atoms with Gasteiger partial charge in [-0.3, -0.25) is 20.4 Å². The molecule has 0 aliphatic heterocycles. The van der Waals surface area contributed by atoms with Gasteiger partial charge in [-0.15, -0.1) is 0 Å². The molecule has 206 valence electrons. The molecular formula is C32H40N3O4+. The van der Waals surface area contributed by atoms with Gasteiger partial charge in [-0.2, -0.15) is 0 Å². The Labute approximate surface area is 231 Å². The van der Waals surface area contributed by atoms with Gasteiger partial charge in [0.25, 0.3) is 0 Å². The predicted octanol–water partition coefficient (Wildman–Crippen LogP) is 5.49. The first-order valence-corrected chi connectivity index (χ1v) is 13.4. The smallest absolute Gasteiger partial charge is 0.421 e. The van der Waals surface area contributed by atoms with Crippen molar-refractivity contribution in [3.05, 3.63) is 89.0 Å². The minimum absolute atomic E-state index is 0.0307. The second-order valence-corrected chi connectivity index (χ2v) is 10.9. The number of phenols is 1. The van der Waals surface area contributed by atoms with Crippen molar-refractivity contribution >= 4 is 17.8 Å². The summed E-state index contributed by atoms with van der Waals surface area (Å²) in [5.41, 5.74) is 5.62. The molecular weight excluding hydrogens is 490 g/mol. The van der Waals surface area contributed by atoms with Gasteiger partial charge < -0.3 is 10.2 Å². The van der Waals surface area contributed by atoms with E-state index in [0.717, 1.165) is 35.1 Å². The van der Waals surface area contributed by atoms with Gasteiger partial charge in [0.1, 0.15) is 18.1 Å². The Morgan fingerprint density at radius 2 is 1.64 bits per heavy atom. The lowest BCUT2D eigenvalue weighted by Crippen LogP contribution is -2.89. The zero-order valence-corrected chi connectivity index (χ0v) is 23.3. The third kappa shape index (κ3) is 8.52. The van der Waals surface area contributed by atoms with E-state index in [1.165, 1.54) is 10.5 Å². The molecule has 0 aromatic heterocycles. The average molecular weight is 531 g/mol. The van der Waals surface area contributed by atoms with Crippen LogP contribution in [0.5, 0.6) is 5.75 Å². The molecule has 0 unspecified atom stereocenters. The highest BCUT2D eigenvalue weighted by molar-refractivity contribution is 5.92.